The number of pyridine rings is 1. The van der Waals surface area contributed by atoms with Gasteiger partial charge in [0.15, 0.2) is 10.1 Å². The Bertz CT molecular complexity index is 1720. The number of sulfonamides is 1. The molecule has 0 aliphatic rings. The molecule has 5 aromatic rings. The molecule has 0 atom stereocenters. The number of rotatable bonds is 7. The van der Waals surface area contributed by atoms with E-state index in [1.165, 1.54) is 30.5 Å². The Morgan fingerprint density at radius 3 is 2.56 bits per heavy atom. The lowest BCUT2D eigenvalue weighted by Gasteiger charge is -2.09. The van der Waals surface area contributed by atoms with Crippen LogP contribution in [-0.2, 0) is 10.0 Å². The van der Waals surface area contributed by atoms with Crippen LogP contribution >= 0.6 is 11.3 Å². The highest BCUT2D eigenvalue weighted by Gasteiger charge is 2.16. The third-order valence-electron chi connectivity index (χ3n) is 5.25. The van der Waals surface area contributed by atoms with E-state index in [2.05, 4.69) is 19.9 Å². The van der Waals surface area contributed by atoms with Crippen LogP contribution in [0.25, 0.3) is 21.8 Å². The first-order chi connectivity index (χ1) is 17.3. The van der Waals surface area contributed by atoms with Crippen LogP contribution in [0.15, 0.2) is 82.0 Å². The van der Waals surface area contributed by atoms with Gasteiger partial charge in [0.1, 0.15) is 5.75 Å². The molecule has 0 unspecified atom stereocenters. The van der Waals surface area contributed by atoms with E-state index in [1.807, 2.05) is 31.2 Å². The Kier molecular flexibility index (Phi) is 6.12. The minimum Gasteiger partial charge on any atom is -0.494 e. The summed E-state index contributed by atoms with van der Waals surface area (Å²) in [6.07, 6.45) is 1.44. The Morgan fingerprint density at radius 2 is 1.78 bits per heavy atom. The molecule has 10 nitrogen and oxygen atoms in total. The number of nitrogens with one attached hydrogen (secondary N) is 1. The zero-order chi connectivity index (χ0) is 25.3. The SMILES string of the molecule is CCOc1ccc2nc3cc(N=Nc4cnc(NS(=O)(=O)c5ccc(N)cc5)s4)ccc3c(N)c2c1. The molecule has 3 aromatic carbocycles. The topological polar surface area (TPSA) is 158 Å². The van der Waals surface area contributed by atoms with Gasteiger partial charge in [0, 0.05) is 16.5 Å². The summed E-state index contributed by atoms with van der Waals surface area (Å²) in [4.78, 5) is 8.87. The van der Waals surface area contributed by atoms with E-state index in [0.717, 1.165) is 33.4 Å². The van der Waals surface area contributed by atoms with Crippen molar-refractivity contribution in [3.63, 3.8) is 0 Å². The maximum Gasteiger partial charge on any atom is 0.263 e. The van der Waals surface area contributed by atoms with Crippen LogP contribution in [0.3, 0.4) is 0 Å². The van der Waals surface area contributed by atoms with Gasteiger partial charge in [-0.15, -0.1) is 10.2 Å². The minimum atomic E-state index is -3.79. The summed E-state index contributed by atoms with van der Waals surface area (Å²) in [5, 5.41) is 10.7. The Morgan fingerprint density at radius 1 is 0.972 bits per heavy atom. The molecule has 0 aliphatic heterocycles. The molecule has 0 bridgehead atoms. The largest absolute Gasteiger partial charge is 0.494 e. The smallest absolute Gasteiger partial charge is 0.263 e. The molecular weight excluding hydrogens is 498 g/mol. The first-order valence-corrected chi connectivity index (χ1v) is 13.1. The molecule has 0 aliphatic carbocycles. The second kappa shape index (κ2) is 9.40. The van der Waals surface area contributed by atoms with Gasteiger partial charge in [0.25, 0.3) is 10.0 Å². The maximum atomic E-state index is 12.5. The number of thiazole rings is 1. The van der Waals surface area contributed by atoms with Crippen molar-refractivity contribution in [2.45, 2.75) is 11.8 Å². The van der Waals surface area contributed by atoms with E-state index in [-0.39, 0.29) is 10.0 Å². The second-order valence-electron chi connectivity index (χ2n) is 7.72. The van der Waals surface area contributed by atoms with E-state index in [4.69, 9.17) is 21.2 Å². The van der Waals surface area contributed by atoms with Gasteiger partial charge in [-0.05, 0) is 67.6 Å². The quantitative estimate of drug-likeness (QED) is 0.143. The van der Waals surface area contributed by atoms with Crippen molar-refractivity contribution in [1.29, 1.82) is 0 Å². The zero-order valence-corrected chi connectivity index (χ0v) is 20.7. The van der Waals surface area contributed by atoms with Gasteiger partial charge >= 0.3 is 0 Å². The van der Waals surface area contributed by atoms with Crippen LogP contribution in [0, 0.1) is 0 Å². The average Bonchev–Trinajstić information content (AvgIpc) is 3.30. The van der Waals surface area contributed by atoms with Crippen molar-refractivity contribution >= 4 is 70.4 Å². The summed E-state index contributed by atoms with van der Waals surface area (Å²) in [5.41, 5.74) is 15.1. The van der Waals surface area contributed by atoms with E-state index in [0.29, 0.717) is 34.2 Å². The molecule has 0 amide bonds. The van der Waals surface area contributed by atoms with Gasteiger partial charge in [-0.25, -0.2) is 18.4 Å². The highest BCUT2D eigenvalue weighted by atomic mass is 32.2. The first kappa shape index (κ1) is 23.5. The molecule has 0 spiro atoms. The number of hydrogen-bond donors (Lipinski definition) is 3. The average molecular weight is 520 g/mol. The van der Waals surface area contributed by atoms with Crippen LogP contribution in [0.2, 0.25) is 0 Å². The number of anilines is 3. The third kappa shape index (κ3) is 4.76. The van der Waals surface area contributed by atoms with Gasteiger partial charge in [-0.1, -0.05) is 11.3 Å². The fraction of sp³-hybridized carbons (Fsp3) is 0.0833. The maximum absolute atomic E-state index is 12.5. The molecule has 0 radical (unpaired) electrons. The summed E-state index contributed by atoms with van der Waals surface area (Å²) >= 11 is 1.06. The lowest BCUT2D eigenvalue weighted by atomic mass is 10.1. The molecule has 0 saturated carbocycles. The number of benzene rings is 3. The van der Waals surface area contributed by atoms with Crippen molar-refractivity contribution in [3.8, 4) is 5.75 Å². The fourth-order valence-corrected chi connectivity index (χ4v) is 5.43. The summed E-state index contributed by atoms with van der Waals surface area (Å²) in [6, 6.07) is 16.9. The van der Waals surface area contributed by atoms with Crippen LogP contribution in [0.4, 0.5) is 27.2 Å². The Labute approximate surface area is 210 Å². The summed E-state index contributed by atoms with van der Waals surface area (Å²) < 4.78 is 33.1. The molecular formula is C24H21N7O3S2. The number of nitrogen functional groups attached to an aromatic ring is 2. The third-order valence-corrected chi connectivity index (χ3v) is 7.53. The summed E-state index contributed by atoms with van der Waals surface area (Å²) in [7, 11) is -3.79. The summed E-state index contributed by atoms with van der Waals surface area (Å²) in [5.74, 6) is 0.739. The van der Waals surface area contributed by atoms with Crippen LogP contribution in [-0.4, -0.2) is 25.0 Å². The molecule has 182 valence electrons. The highest BCUT2D eigenvalue weighted by molar-refractivity contribution is 7.93. The number of nitrogens with zero attached hydrogens (tertiary/aromatic N) is 4. The Balaban J connectivity index is 1.37. The van der Waals surface area contributed by atoms with Gasteiger partial charge in [0.2, 0.25) is 0 Å². The minimum absolute atomic E-state index is 0.0830. The highest BCUT2D eigenvalue weighted by Crippen LogP contribution is 2.34. The van der Waals surface area contributed by atoms with Gasteiger partial charge < -0.3 is 16.2 Å². The molecule has 5 N–H and O–H groups in total. The van der Waals surface area contributed by atoms with Crippen molar-refractivity contribution in [2.75, 3.05) is 22.8 Å². The van der Waals surface area contributed by atoms with Crippen molar-refractivity contribution in [2.24, 2.45) is 10.2 Å². The zero-order valence-electron chi connectivity index (χ0n) is 19.0. The summed E-state index contributed by atoms with van der Waals surface area (Å²) in [6.45, 7) is 2.49. The number of hydrogen-bond acceptors (Lipinski definition) is 10. The monoisotopic (exact) mass is 519 g/mol. The van der Waals surface area contributed by atoms with Crippen LogP contribution in [0.5, 0.6) is 5.75 Å². The van der Waals surface area contributed by atoms with Gasteiger partial charge in [-0.2, -0.15) is 0 Å². The number of aromatic nitrogens is 2. The van der Waals surface area contributed by atoms with Crippen molar-refractivity contribution in [3.05, 3.63) is 66.9 Å². The lowest BCUT2D eigenvalue weighted by Crippen LogP contribution is -2.12. The molecule has 0 saturated heterocycles. The number of ether oxygens (including phenoxy) is 1. The number of nitrogens with two attached hydrogens (primary N) is 2. The van der Waals surface area contributed by atoms with Crippen LogP contribution in [0.1, 0.15) is 6.92 Å². The predicted molar refractivity (Wildman–Crippen MR) is 143 cm³/mol. The van der Waals surface area contributed by atoms with Crippen molar-refractivity contribution in [1.82, 2.24) is 9.97 Å². The molecule has 36 heavy (non-hydrogen) atoms. The standard InChI is InChI=1S/C24H21N7O3S2/c1-2-34-16-6-10-20-19(12-16)23(26)18-9-5-15(11-21(18)28-20)29-30-22-13-27-24(35-22)31-36(32,33)17-7-3-14(25)4-8-17/h3-13H,2,25H2,1H3,(H2,26,28)(H,27,31). The lowest BCUT2D eigenvalue weighted by molar-refractivity contribution is 0.341. The van der Waals surface area contributed by atoms with E-state index >= 15 is 0 Å². The molecule has 5 rings (SSSR count). The van der Waals surface area contributed by atoms with Crippen LogP contribution < -0.4 is 20.9 Å². The van der Waals surface area contributed by atoms with Crippen molar-refractivity contribution < 1.29 is 13.2 Å². The van der Waals surface area contributed by atoms with E-state index in [1.54, 1.807) is 12.1 Å². The van der Waals surface area contributed by atoms with E-state index in [9.17, 15) is 8.42 Å². The van der Waals surface area contributed by atoms with E-state index < -0.39 is 10.0 Å². The number of azo groups is 1. The predicted octanol–water partition coefficient (Wildman–Crippen LogP) is 5.62. The first-order valence-electron chi connectivity index (χ1n) is 10.8. The second-order valence-corrected chi connectivity index (χ2v) is 10.4. The Hall–Kier alpha value is -4.29. The van der Waals surface area contributed by atoms with Gasteiger partial charge in [-0.3, -0.25) is 4.72 Å². The molecule has 2 aromatic heterocycles. The molecule has 12 heteroatoms. The van der Waals surface area contributed by atoms with Gasteiger partial charge in [0.05, 0.1) is 40.1 Å². The molecule has 2 heterocycles. The molecule has 0 fully saturated rings. The number of fused-ring (bicyclic) bond motifs is 2. The normalized spacial score (nSPS) is 11.9. The fourth-order valence-electron chi connectivity index (χ4n) is 3.55.